The SMILES string of the molecule is Cc1cccc(C)c1C(=O)NC(C(=O)NC1CCCCC1)c1cccs1. The lowest BCUT2D eigenvalue weighted by Gasteiger charge is -2.26. The zero-order valence-electron chi connectivity index (χ0n) is 15.4. The Balaban J connectivity index is 1.78. The second kappa shape index (κ2) is 8.49. The second-order valence-corrected chi connectivity index (χ2v) is 8.01. The summed E-state index contributed by atoms with van der Waals surface area (Å²) in [5.41, 5.74) is 2.49. The molecule has 1 aromatic carbocycles. The van der Waals surface area contributed by atoms with Gasteiger partial charge >= 0.3 is 0 Å². The van der Waals surface area contributed by atoms with Crippen molar-refractivity contribution in [2.75, 3.05) is 0 Å². The fourth-order valence-corrected chi connectivity index (χ4v) is 4.40. The van der Waals surface area contributed by atoms with Crippen molar-refractivity contribution in [3.63, 3.8) is 0 Å². The smallest absolute Gasteiger partial charge is 0.252 e. The molecule has 1 saturated carbocycles. The van der Waals surface area contributed by atoms with E-state index in [1.165, 1.54) is 17.8 Å². The van der Waals surface area contributed by atoms with Crippen LogP contribution in [-0.2, 0) is 4.79 Å². The highest BCUT2D eigenvalue weighted by Gasteiger charge is 2.27. The van der Waals surface area contributed by atoms with Crippen molar-refractivity contribution < 1.29 is 9.59 Å². The summed E-state index contributed by atoms with van der Waals surface area (Å²) >= 11 is 1.49. The molecule has 4 nitrogen and oxygen atoms in total. The summed E-state index contributed by atoms with van der Waals surface area (Å²) in [7, 11) is 0. The van der Waals surface area contributed by atoms with Crippen LogP contribution in [0, 0.1) is 13.8 Å². The summed E-state index contributed by atoms with van der Waals surface area (Å²) in [6, 6.07) is 9.16. The summed E-state index contributed by atoms with van der Waals surface area (Å²) in [5, 5.41) is 8.04. The first-order valence-corrected chi connectivity index (χ1v) is 10.1. The molecule has 1 aliphatic carbocycles. The summed E-state index contributed by atoms with van der Waals surface area (Å²) in [6.07, 6.45) is 5.60. The zero-order valence-corrected chi connectivity index (χ0v) is 16.2. The van der Waals surface area contributed by atoms with E-state index in [0.29, 0.717) is 5.56 Å². The van der Waals surface area contributed by atoms with Gasteiger partial charge in [0.1, 0.15) is 6.04 Å². The third-order valence-electron chi connectivity index (χ3n) is 5.03. The normalized spacial score (nSPS) is 16.1. The van der Waals surface area contributed by atoms with E-state index in [9.17, 15) is 9.59 Å². The van der Waals surface area contributed by atoms with Crippen LogP contribution in [0.1, 0.15) is 64.5 Å². The highest BCUT2D eigenvalue weighted by molar-refractivity contribution is 7.10. The minimum Gasteiger partial charge on any atom is -0.351 e. The number of thiophene rings is 1. The summed E-state index contributed by atoms with van der Waals surface area (Å²) in [5.74, 6) is -0.309. The average molecular weight is 371 g/mol. The van der Waals surface area contributed by atoms with Crippen LogP contribution in [0.25, 0.3) is 0 Å². The number of carbonyl (C=O) groups excluding carboxylic acids is 2. The van der Waals surface area contributed by atoms with Crippen LogP contribution >= 0.6 is 11.3 Å². The maximum absolute atomic E-state index is 12.9. The number of nitrogens with one attached hydrogen (secondary N) is 2. The Kier molecular flexibility index (Phi) is 6.09. The quantitative estimate of drug-likeness (QED) is 0.825. The molecule has 1 heterocycles. The van der Waals surface area contributed by atoms with Gasteiger partial charge in [-0.3, -0.25) is 9.59 Å². The van der Waals surface area contributed by atoms with Crippen molar-refractivity contribution in [2.45, 2.75) is 58.0 Å². The van der Waals surface area contributed by atoms with E-state index in [1.54, 1.807) is 0 Å². The van der Waals surface area contributed by atoms with Crippen LogP contribution in [-0.4, -0.2) is 17.9 Å². The van der Waals surface area contributed by atoms with Gasteiger partial charge < -0.3 is 10.6 Å². The Morgan fingerprint density at radius 3 is 2.35 bits per heavy atom. The molecule has 2 N–H and O–H groups in total. The molecule has 0 aliphatic heterocycles. The molecule has 1 atom stereocenters. The van der Waals surface area contributed by atoms with E-state index in [0.717, 1.165) is 41.7 Å². The van der Waals surface area contributed by atoms with E-state index in [1.807, 2.05) is 49.6 Å². The van der Waals surface area contributed by atoms with E-state index < -0.39 is 6.04 Å². The largest absolute Gasteiger partial charge is 0.351 e. The number of rotatable bonds is 5. The molecular weight excluding hydrogens is 344 g/mol. The zero-order chi connectivity index (χ0) is 18.5. The monoisotopic (exact) mass is 370 g/mol. The molecule has 3 rings (SSSR count). The average Bonchev–Trinajstić information content (AvgIpc) is 3.14. The maximum atomic E-state index is 12.9. The molecule has 0 radical (unpaired) electrons. The minimum absolute atomic E-state index is 0.112. The van der Waals surface area contributed by atoms with E-state index in [-0.39, 0.29) is 17.9 Å². The van der Waals surface area contributed by atoms with Gasteiger partial charge in [-0.1, -0.05) is 43.5 Å². The van der Waals surface area contributed by atoms with Gasteiger partial charge in [0.2, 0.25) is 5.91 Å². The molecule has 5 heteroatoms. The van der Waals surface area contributed by atoms with Gasteiger partial charge in [-0.25, -0.2) is 0 Å². The first kappa shape index (κ1) is 18.6. The van der Waals surface area contributed by atoms with Crippen LogP contribution in [0.3, 0.4) is 0 Å². The number of hydrogen-bond acceptors (Lipinski definition) is 3. The van der Waals surface area contributed by atoms with Gasteiger partial charge in [-0.05, 0) is 49.3 Å². The van der Waals surface area contributed by atoms with Gasteiger partial charge in [0.05, 0.1) is 0 Å². The number of hydrogen-bond donors (Lipinski definition) is 2. The fraction of sp³-hybridized carbons (Fsp3) is 0.429. The number of amides is 2. The lowest BCUT2D eigenvalue weighted by Crippen LogP contribution is -2.45. The standard InChI is InChI=1S/C21H26N2O2S/c1-14-8-6-9-15(2)18(14)20(24)23-19(17-12-7-13-26-17)21(25)22-16-10-4-3-5-11-16/h6-9,12-13,16,19H,3-5,10-11H2,1-2H3,(H,22,25)(H,23,24). The predicted molar refractivity (Wildman–Crippen MR) is 105 cm³/mol. The van der Waals surface area contributed by atoms with Crippen molar-refractivity contribution in [3.8, 4) is 0 Å². The van der Waals surface area contributed by atoms with Crippen molar-refractivity contribution in [2.24, 2.45) is 0 Å². The van der Waals surface area contributed by atoms with Crippen molar-refractivity contribution in [3.05, 3.63) is 57.3 Å². The van der Waals surface area contributed by atoms with Crippen LogP contribution in [0.5, 0.6) is 0 Å². The lowest BCUT2D eigenvalue weighted by molar-refractivity contribution is -0.124. The molecule has 1 aromatic heterocycles. The van der Waals surface area contributed by atoms with Gasteiger partial charge in [0.15, 0.2) is 0 Å². The van der Waals surface area contributed by atoms with E-state index in [4.69, 9.17) is 0 Å². The molecule has 2 aromatic rings. The number of aryl methyl sites for hydroxylation is 2. The van der Waals surface area contributed by atoms with Crippen LogP contribution < -0.4 is 10.6 Å². The van der Waals surface area contributed by atoms with E-state index in [2.05, 4.69) is 10.6 Å². The Morgan fingerprint density at radius 2 is 1.73 bits per heavy atom. The van der Waals surface area contributed by atoms with E-state index >= 15 is 0 Å². The van der Waals surface area contributed by atoms with Crippen molar-refractivity contribution in [1.82, 2.24) is 10.6 Å². The predicted octanol–water partition coefficient (Wildman–Crippen LogP) is 4.28. The number of carbonyl (C=O) groups is 2. The third-order valence-corrected chi connectivity index (χ3v) is 5.96. The molecule has 2 amide bonds. The van der Waals surface area contributed by atoms with Gasteiger partial charge in [-0.15, -0.1) is 11.3 Å². The fourth-order valence-electron chi connectivity index (χ4n) is 3.63. The summed E-state index contributed by atoms with van der Waals surface area (Å²) in [4.78, 5) is 26.7. The third kappa shape index (κ3) is 4.33. The van der Waals surface area contributed by atoms with Crippen LogP contribution in [0.2, 0.25) is 0 Å². The Labute approximate surface area is 159 Å². The highest BCUT2D eigenvalue weighted by Crippen LogP contribution is 2.23. The first-order chi connectivity index (χ1) is 12.6. The topological polar surface area (TPSA) is 58.2 Å². The molecule has 0 bridgehead atoms. The number of benzene rings is 1. The Hall–Kier alpha value is -2.14. The summed E-state index contributed by atoms with van der Waals surface area (Å²) < 4.78 is 0. The maximum Gasteiger partial charge on any atom is 0.252 e. The molecule has 1 fully saturated rings. The van der Waals surface area contributed by atoms with Crippen molar-refractivity contribution in [1.29, 1.82) is 0 Å². The highest BCUT2D eigenvalue weighted by atomic mass is 32.1. The molecule has 26 heavy (non-hydrogen) atoms. The van der Waals surface area contributed by atoms with Crippen LogP contribution in [0.15, 0.2) is 35.7 Å². The first-order valence-electron chi connectivity index (χ1n) is 9.27. The summed E-state index contributed by atoms with van der Waals surface area (Å²) in [6.45, 7) is 3.84. The Morgan fingerprint density at radius 1 is 1.04 bits per heavy atom. The minimum atomic E-state index is -0.650. The van der Waals surface area contributed by atoms with Crippen molar-refractivity contribution >= 4 is 23.2 Å². The lowest BCUT2D eigenvalue weighted by atomic mass is 9.95. The molecular formula is C21H26N2O2S. The molecule has 1 unspecified atom stereocenters. The van der Waals surface area contributed by atoms with Gasteiger partial charge in [-0.2, -0.15) is 0 Å². The second-order valence-electron chi connectivity index (χ2n) is 7.03. The molecule has 0 spiro atoms. The molecule has 1 aliphatic rings. The molecule has 0 saturated heterocycles. The molecule has 138 valence electrons. The Bertz CT molecular complexity index is 744. The van der Waals surface area contributed by atoms with Gasteiger partial charge in [0, 0.05) is 16.5 Å². The van der Waals surface area contributed by atoms with Crippen LogP contribution in [0.4, 0.5) is 0 Å². The van der Waals surface area contributed by atoms with Gasteiger partial charge in [0.25, 0.3) is 5.91 Å².